The van der Waals surface area contributed by atoms with E-state index in [1.807, 2.05) is 18.2 Å². The Bertz CT molecular complexity index is 1330. The minimum Gasteiger partial charge on any atom is -0.496 e. The highest BCUT2D eigenvalue weighted by Gasteiger charge is 2.53. The van der Waals surface area contributed by atoms with Crippen LogP contribution in [0.2, 0.25) is 0 Å². The second-order valence-corrected chi connectivity index (χ2v) is 10.6. The maximum atomic E-state index is 6.02. The second-order valence-electron chi connectivity index (χ2n) is 10.6. The van der Waals surface area contributed by atoms with Gasteiger partial charge in [0.25, 0.3) is 0 Å². The van der Waals surface area contributed by atoms with E-state index in [1.54, 1.807) is 14.2 Å². The molecule has 6 nitrogen and oxygen atoms in total. The molecule has 1 saturated heterocycles. The molecule has 1 unspecified atom stereocenters. The minimum absolute atomic E-state index is 0.117. The van der Waals surface area contributed by atoms with E-state index in [9.17, 15) is 0 Å². The van der Waals surface area contributed by atoms with Crippen molar-refractivity contribution in [3.63, 3.8) is 0 Å². The summed E-state index contributed by atoms with van der Waals surface area (Å²) in [5.41, 5.74) is 4.98. The molecule has 0 spiro atoms. The number of aryl methyl sites for hydroxylation is 1. The smallest absolute Gasteiger partial charge is 0.137 e. The van der Waals surface area contributed by atoms with Crippen LogP contribution in [0.3, 0.4) is 0 Å². The van der Waals surface area contributed by atoms with Gasteiger partial charge < -0.3 is 19.8 Å². The van der Waals surface area contributed by atoms with Crippen LogP contribution in [0, 0.1) is 12.8 Å². The van der Waals surface area contributed by atoms with Crippen molar-refractivity contribution in [3.8, 4) is 22.9 Å². The lowest BCUT2D eigenvalue weighted by Crippen LogP contribution is -2.60. The number of nitrogens with zero attached hydrogens (tertiary/aromatic N) is 2. The van der Waals surface area contributed by atoms with Crippen molar-refractivity contribution in [2.24, 2.45) is 5.92 Å². The average Bonchev–Trinajstić information content (AvgIpc) is 3.38. The first-order valence-electron chi connectivity index (χ1n) is 13.9. The molecule has 6 heteroatoms. The zero-order valence-electron chi connectivity index (χ0n) is 23.7. The molecule has 3 aromatic carbocycles. The lowest BCUT2D eigenvalue weighted by Gasteiger charge is -2.53. The summed E-state index contributed by atoms with van der Waals surface area (Å²) >= 11 is 0. The highest BCUT2D eigenvalue weighted by atomic mass is 16.5. The van der Waals surface area contributed by atoms with Crippen LogP contribution in [0.5, 0.6) is 11.5 Å². The summed E-state index contributed by atoms with van der Waals surface area (Å²) in [5, 5.41) is 3.57. The van der Waals surface area contributed by atoms with Crippen molar-refractivity contribution in [2.45, 2.75) is 32.2 Å². The molecule has 0 saturated carbocycles. The van der Waals surface area contributed by atoms with Crippen molar-refractivity contribution >= 4 is 0 Å². The SMILES string of the molecule is COc1ccccc1C(c1ccccc1OC)C(c1nc(-c2ccccc2)[nH]c1C)(C(C)C)N1CCNCC1. The van der Waals surface area contributed by atoms with E-state index in [0.29, 0.717) is 0 Å². The van der Waals surface area contributed by atoms with E-state index in [2.05, 4.69) is 96.6 Å². The van der Waals surface area contributed by atoms with Crippen LogP contribution in [-0.2, 0) is 5.54 Å². The standard InChI is InChI=1S/C33H40N4O2/c1-23(2)33(37-21-19-34-20-22-37,31-24(3)35-32(36-31)25-13-7-6-8-14-25)30(26-15-9-11-17-28(26)38-4)27-16-10-12-18-29(27)39-5/h6-18,23,30,34H,19-22H2,1-5H3,(H,35,36). The number of imidazole rings is 1. The van der Waals surface area contributed by atoms with E-state index in [1.165, 1.54) is 0 Å². The lowest BCUT2D eigenvalue weighted by atomic mass is 9.65. The minimum atomic E-state index is -0.501. The molecular weight excluding hydrogens is 484 g/mol. The second kappa shape index (κ2) is 11.6. The molecule has 39 heavy (non-hydrogen) atoms. The molecule has 0 bridgehead atoms. The number of H-pyrrole nitrogens is 1. The fourth-order valence-electron chi connectivity index (χ4n) is 6.51. The third-order valence-electron chi connectivity index (χ3n) is 8.17. The molecule has 1 atom stereocenters. The molecular formula is C33H40N4O2. The molecule has 204 valence electrons. The van der Waals surface area contributed by atoms with E-state index in [-0.39, 0.29) is 11.8 Å². The van der Waals surface area contributed by atoms with E-state index in [0.717, 1.165) is 71.6 Å². The van der Waals surface area contributed by atoms with E-state index < -0.39 is 5.54 Å². The number of aromatic amines is 1. The van der Waals surface area contributed by atoms with Crippen LogP contribution in [0.4, 0.5) is 0 Å². The first-order valence-corrected chi connectivity index (χ1v) is 13.9. The number of rotatable bonds is 9. The average molecular weight is 525 g/mol. The monoisotopic (exact) mass is 524 g/mol. The molecule has 5 rings (SSSR count). The summed E-state index contributed by atoms with van der Waals surface area (Å²) < 4.78 is 12.0. The van der Waals surface area contributed by atoms with Crippen molar-refractivity contribution in [1.29, 1.82) is 0 Å². The number of ether oxygens (including phenoxy) is 2. The molecule has 1 aliphatic rings. The molecule has 1 fully saturated rings. The molecule has 1 aromatic heterocycles. The summed E-state index contributed by atoms with van der Waals surface area (Å²) in [7, 11) is 3.51. The van der Waals surface area contributed by atoms with Gasteiger partial charge >= 0.3 is 0 Å². The van der Waals surface area contributed by atoms with E-state index in [4.69, 9.17) is 14.5 Å². The fourth-order valence-corrected chi connectivity index (χ4v) is 6.51. The van der Waals surface area contributed by atoms with Crippen molar-refractivity contribution < 1.29 is 9.47 Å². The van der Waals surface area contributed by atoms with Crippen LogP contribution in [0.15, 0.2) is 78.9 Å². The van der Waals surface area contributed by atoms with Gasteiger partial charge in [-0.05, 0) is 25.0 Å². The van der Waals surface area contributed by atoms with E-state index >= 15 is 0 Å². The molecule has 4 aromatic rings. The largest absolute Gasteiger partial charge is 0.496 e. The predicted octanol–water partition coefficient (Wildman–Crippen LogP) is 5.99. The number of nitrogens with one attached hydrogen (secondary N) is 2. The van der Waals surface area contributed by atoms with Gasteiger partial charge in [-0.1, -0.05) is 80.6 Å². The van der Waals surface area contributed by atoms with Gasteiger partial charge in [-0.2, -0.15) is 0 Å². The van der Waals surface area contributed by atoms with Crippen molar-refractivity contribution in [3.05, 3.63) is 101 Å². The fraction of sp³-hybridized carbons (Fsp3) is 0.364. The number of piperazine rings is 1. The molecule has 0 aliphatic carbocycles. The van der Waals surface area contributed by atoms with Gasteiger partial charge in [0.15, 0.2) is 0 Å². The molecule has 2 N–H and O–H groups in total. The Labute approximate surface area is 232 Å². The number of hydrogen-bond donors (Lipinski definition) is 2. The quantitative estimate of drug-likeness (QED) is 0.282. The first-order chi connectivity index (χ1) is 19.0. The summed E-state index contributed by atoms with van der Waals surface area (Å²) in [4.78, 5) is 11.7. The third-order valence-corrected chi connectivity index (χ3v) is 8.17. The Balaban J connectivity index is 1.87. The third kappa shape index (κ3) is 4.83. The molecule has 0 amide bonds. The Kier molecular flexibility index (Phi) is 8.05. The number of aromatic nitrogens is 2. The van der Waals surface area contributed by atoms with Crippen LogP contribution < -0.4 is 14.8 Å². The molecule has 2 heterocycles. The van der Waals surface area contributed by atoms with Gasteiger partial charge in [0.2, 0.25) is 0 Å². The summed E-state index contributed by atoms with van der Waals surface area (Å²) in [5.74, 6) is 2.70. The van der Waals surface area contributed by atoms with Gasteiger partial charge in [0, 0.05) is 54.5 Å². The molecule has 0 radical (unpaired) electrons. The molecule has 1 aliphatic heterocycles. The Morgan fingerprint density at radius 1 is 0.795 bits per heavy atom. The van der Waals surface area contributed by atoms with Crippen LogP contribution in [-0.4, -0.2) is 55.3 Å². The summed E-state index contributed by atoms with van der Waals surface area (Å²) in [6.07, 6.45) is 0. The maximum Gasteiger partial charge on any atom is 0.137 e. The zero-order valence-corrected chi connectivity index (χ0v) is 23.7. The Morgan fingerprint density at radius 3 is 1.87 bits per heavy atom. The Hall–Kier alpha value is -3.61. The maximum absolute atomic E-state index is 6.02. The van der Waals surface area contributed by atoms with Crippen LogP contribution in [0.25, 0.3) is 11.4 Å². The van der Waals surface area contributed by atoms with Crippen molar-refractivity contribution in [1.82, 2.24) is 20.2 Å². The van der Waals surface area contributed by atoms with Crippen molar-refractivity contribution in [2.75, 3.05) is 40.4 Å². The van der Waals surface area contributed by atoms with Gasteiger partial charge in [-0.15, -0.1) is 0 Å². The summed E-state index contributed by atoms with van der Waals surface area (Å²) in [6.45, 7) is 10.5. The normalized spacial score (nSPS) is 15.9. The van der Waals surface area contributed by atoms with Gasteiger partial charge in [0.1, 0.15) is 17.3 Å². The van der Waals surface area contributed by atoms with Gasteiger partial charge in [-0.3, -0.25) is 4.90 Å². The van der Waals surface area contributed by atoms with Gasteiger partial charge in [0.05, 0.1) is 25.5 Å². The first kappa shape index (κ1) is 27.0. The number of para-hydroxylation sites is 2. The topological polar surface area (TPSA) is 62.4 Å². The van der Waals surface area contributed by atoms with Crippen LogP contribution >= 0.6 is 0 Å². The highest BCUT2D eigenvalue weighted by molar-refractivity contribution is 5.58. The summed E-state index contributed by atoms with van der Waals surface area (Å²) in [6, 6.07) is 27.2. The Morgan fingerprint density at radius 2 is 1.33 bits per heavy atom. The lowest BCUT2D eigenvalue weighted by molar-refractivity contribution is 0.00982. The highest BCUT2D eigenvalue weighted by Crippen LogP contribution is 2.54. The number of benzene rings is 3. The van der Waals surface area contributed by atoms with Crippen LogP contribution in [0.1, 0.15) is 42.3 Å². The zero-order chi connectivity index (χ0) is 27.4. The number of methoxy groups -OCH3 is 2. The predicted molar refractivity (Wildman–Crippen MR) is 158 cm³/mol. The van der Waals surface area contributed by atoms with Gasteiger partial charge in [-0.25, -0.2) is 4.98 Å². The number of hydrogen-bond acceptors (Lipinski definition) is 5.